The molecule has 0 bridgehead atoms. The van der Waals surface area contributed by atoms with E-state index in [0.29, 0.717) is 6.61 Å². The number of rotatable bonds is 1. The summed E-state index contributed by atoms with van der Waals surface area (Å²) in [6.07, 6.45) is 0. The molecule has 0 spiro atoms. The van der Waals surface area contributed by atoms with Crippen LogP contribution in [0.25, 0.3) is 0 Å². The number of ether oxygens (including phenoxy) is 1. The van der Waals surface area contributed by atoms with Crippen molar-refractivity contribution in [2.45, 2.75) is 13.8 Å². The third-order valence-corrected chi connectivity index (χ3v) is 2.50. The summed E-state index contributed by atoms with van der Waals surface area (Å²) in [6.45, 7) is 6.49. The number of hydrogen-bond acceptors (Lipinski definition) is 3. The van der Waals surface area contributed by atoms with Gasteiger partial charge < -0.3 is 10.1 Å². The number of aryl methyl sites for hydroxylation is 2. The summed E-state index contributed by atoms with van der Waals surface area (Å²) in [5.74, 6) is 0.790. The van der Waals surface area contributed by atoms with Crippen LogP contribution in [0.1, 0.15) is 11.1 Å². The minimum Gasteiger partial charge on any atom is -0.478 e. The molecule has 1 aliphatic rings. The fourth-order valence-corrected chi connectivity index (χ4v) is 1.67. The number of aliphatic imine (C=N–C) groups is 1. The zero-order valence-electron chi connectivity index (χ0n) is 9.21. The fraction of sp³-hybridized carbons (Fsp3) is 0.417. The fourth-order valence-electron chi connectivity index (χ4n) is 1.67. The Bertz CT molecular complexity index is 357. The maximum absolute atomic E-state index is 5.48. The second-order valence-electron chi connectivity index (χ2n) is 3.77. The van der Waals surface area contributed by atoms with E-state index in [2.05, 4.69) is 36.3 Å². The third-order valence-electron chi connectivity index (χ3n) is 2.50. The highest BCUT2D eigenvalue weighted by Gasteiger charge is 2.08. The van der Waals surface area contributed by atoms with Gasteiger partial charge in [0.05, 0.1) is 12.2 Å². The van der Waals surface area contributed by atoms with Crippen LogP contribution in [-0.2, 0) is 4.74 Å². The molecule has 0 aromatic heterocycles. The van der Waals surface area contributed by atoms with Crippen molar-refractivity contribution in [2.75, 3.05) is 19.7 Å². The summed E-state index contributed by atoms with van der Waals surface area (Å²) in [5, 5.41) is 3.24. The summed E-state index contributed by atoms with van der Waals surface area (Å²) in [7, 11) is 0. The van der Waals surface area contributed by atoms with Crippen LogP contribution in [0.5, 0.6) is 0 Å². The van der Waals surface area contributed by atoms with Crippen LogP contribution in [-0.4, -0.2) is 25.6 Å². The highest BCUT2D eigenvalue weighted by Crippen LogP contribution is 2.23. The van der Waals surface area contributed by atoms with Gasteiger partial charge in [-0.1, -0.05) is 18.2 Å². The molecule has 1 N–H and O–H groups in total. The summed E-state index contributed by atoms with van der Waals surface area (Å²) in [5.41, 5.74) is 3.42. The minimum absolute atomic E-state index is 0.712. The van der Waals surface area contributed by atoms with Crippen LogP contribution >= 0.6 is 0 Å². The second kappa shape index (κ2) is 4.45. The van der Waals surface area contributed by atoms with Gasteiger partial charge in [0, 0.05) is 6.54 Å². The van der Waals surface area contributed by atoms with Crippen LogP contribution in [0.2, 0.25) is 0 Å². The summed E-state index contributed by atoms with van der Waals surface area (Å²) in [4.78, 5) is 4.55. The number of benzene rings is 1. The van der Waals surface area contributed by atoms with Crippen LogP contribution in [0.15, 0.2) is 23.2 Å². The SMILES string of the molecule is Cc1cccc(C)c1N=C1CNCCO1. The first-order chi connectivity index (χ1) is 7.27. The Morgan fingerprint density at radius 1 is 1.27 bits per heavy atom. The largest absolute Gasteiger partial charge is 0.478 e. The first-order valence-corrected chi connectivity index (χ1v) is 5.24. The molecule has 3 nitrogen and oxygen atoms in total. The van der Waals surface area contributed by atoms with Crippen molar-refractivity contribution in [1.29, 1.82) is 0 Å². The smallest absolute Gasteiger partial charge is 0.202 e. The number of morpholine rings is 1. The standard InChI is InChI=1S/C12H16N2O/c1-9-4-3-5-10(2)12(9)14-11-8-13-6-7-15-11/h3-5,13H,6-8H2,1-2H3. The molecule has 1 aromatic carbocycles. The van der Waals surface area contributed by atoms with E-state index in [4.69, 9.17) is 4.74 Å². The Labute approximate surface area is 90.2 Å². The third kappa shape index (κ3) is 2.36. The lowest BCUT2D eigenvalue weighted by atomic mass is 10.1. The lowest BCUT2D eigenvalue weighted by Crippen LogP contribution is -2.34. The molecule has 1 aromatic rings. The maximum atomic E-state index is 5.48. The normalized spacial score (nSPS) is 18.9. The van der Waals surface area contributed by atoms with Crippen molar-refractivity contribution in [1.82, 2.24) is 5.32 Å². The van der Waals surface area contributed by atoms with E-state index in [9.17, 15) is 0 Å². The highest BCUT2D eigenvalue weighted by atomic mass is 16.5. The predicted molar refractivity (Wildman–Crippen MR) is 61.8 cm³/mol. The van der Waals surface area contributed by atoms with Gasteiger partial charge in [-0.05, 0) is 25.0 Å². The highest BCUT2D eigenvalue weighted by molar-refractivity contribution is 5.82. The van der Waals surface area contributed by atoms with Crippen molar-refractivity contribution >= 4 is 11.6 Å². The van der Waals surface area contributed by atoms with E-state index in [1.165, 1.54) is 11.1 Å². The number of para-hydroxylation sites is 1. The van der Waals surface area contributed by atoms with Crippen molar-refractivity contribution < 1.29 is 4.74 Å². The van der Waals surface area contributed by atoms with Gasteiger partial charge in [-0.25, -0.2) is 4.99 Å². The summed E-state index contributed by atoms with van der Waals surface area (Å²) < 4.78 is 5.48. The lowest BCUT2D eigenvalue weighted by molar-refractivity contribution is 0.271. The first-order valence-electron chi connectivity index (χ1n) is 5.24. The number of nitrogens with one attached hydrogen (secondary N) is 1. The number of nitrogens with zero attached hydrogens (tertiary/aromatic N) is 1. The van der Waals surface area contributed by atoms with E-state index < -0.39 is 0 Å². The summed E-state index contributed by atoms with van der Waals surface area (Å²) >= 11 is 0. The quantitative estimate of drug-likeness (QED) is 0.758. The van der Waals surface area contributed by atoms with Crippen LogP contribution in [0.4, 0.5) is 5.69 Å². The minimum atomic E-state index is 0.712. The van der Waals surface area contributed by atoms with E-state index in [1.807, 2.05) is 6.07 Å². The molecule has 0 aliphatic carbocycles. The molecule has 0 saturated carbocycles. The molecule has 80 valence electrons. The molecular formula is C12H16N2O. The monoisotopic (exact) mass is 204 g/mol. The average Bonchev–Trinajstić information content (AvgIpc) is 2.25. The Kier molecular flexibility index (Phi) is 3.02. The molecular weight excluding hydrogens is 188 g/mol. The van der Waals surface area contributed by atoms with Crippen molar-refractivity contribution in [3.8, 4) is 0 Å². The van der Waals surface area contributed by atoms with Gasteiger partial charge in [0.2, 0.25) is 5.90 Å². The molecule has 1 aliphatic heterocycles. The second-order valence-corrected chi connectivity index (χ2v) is 3.77. The van der Waals surface area contributed by atoms with Crippen LogP contribution in [0.3, 0.4) is 0 Å². The summed E-state index contributed by atoms with van der Waals surface area (Å²) in [6, 6.07) is 6.19. The van der Waals surface area contributed by atoms with E-state index >= 15 is 0 Å². The van der Waals surface area contributed by atoms with Gasteiger partial charge in [0.25, 0.3) is 0 Å². The zero-order valence-corrected chi connectivity index (χ0v) is 9.21. The van der Waals surface area contributed by atoms with Gasteiger partial charge in [-0.2, -0.15) is 0 Å². The Hall–Kier alpha value is -1.35. The maximum Gasteiger partial charge on any atom is 0.202 e. The van der Waals surface area contributed by atoms with Crippen molar-refractivity contribution in [2.24, 2.45) is 4.99 Å². The molecule has 1 saturated heterocycles. The van der Waals surface area contributed by atoms with Gasteiger partial charge in [-0.3, -0.25) is 0 Å². The lowest BCUT2D eigenvalue weighted by Gasteiger charge is -2.16. The average molecular weight is 204 g/mol. The molecule has 15 heavy (non-hydrogen) atoms. The van der Waals surface area contributed by atoms with Crippen LogP contribution in [0, 0.1) is 13.8 Å². The molecule has 3 heteroatoms. The molecule has 0 unspecified atom stereocenters. The predicted octanol–water partition coefficient (Wildman–Crippen LogP) is 1.95. The van der Waals surface area contributed by atoms with E-state index in [-0.39, 0.29) is 0 Å². The topological polar surface area (TPSA) is 33.6 Å². The molecule has 0 amide bonds. The van der Waals surface area contributed by atoms with Gasteiger partial charge in [0.1, 0.15) is 6.61 Å². The van der Waals surface area contributed by atoms with Crippen LogP contribution < -0.4 is 5.32 Å². The Morgan fingerprint density at radius 3 is 2.60 bits per heavy atom. The van der Waals surface area contributed by atoms with Gasteiger partial charge in [0.15, 0.2) is 0 Å². The van der Waals surface area contributed by atoms with Crippen molar-refractivity contribution in [3.63, 3.8) is 0 Å². The molecule has 0 atom stereocenters. The molecule has 1 fully saturated rings. The Morgan fingerprint density at radius 2 is 2.00 bits per heavy atom. The first kappa shape index (κ1) is 10.2. The van der Waals surface area contributed by atoms with E-state index in [1.54, 1.807) is 0 Å². The molecule has 1 heterocycles. The number of hydrogen-bond donors (Lipinski definition) is 1. The molecule has 2 rings (SSSR count). The van der Waals surface area contributed by atoms with Crippen molar-refractivity contribution in [3.05, 3.63) is 29.3 Å². The van der Waals surface area contributed by atoms with Gasteiger partial charge in [-0.15, -0.1) is 0 Å². The Balaban J connectivity index is 2.29. The molecule has 0 radical (unpaired) electrons. The van der Waals surface area contributed by atoms with E-state index in [0.717, 1.165) is 24.7 Å². The van der Waals surface area contributed by atoms with Gasteiger partial charge >= 0.3 is 0 Å². The zero-order chi connectivity index (χ0) is 10.7.